The Bertz CT molecular complexity index is 474. The summed E-state index contributed by atoms with van der Waals surface area (Å²) in [5.41, 5.74) is 0. The van der Waals surface area contributed by atoms with Crippen molar-refractivity contribution in [3.63, 3.8) is 0 Å². The van der Waals surface area contributed by atoms with Crippen molar-refractivity contribution in [2.24, 2.45) is 5.92 Å². The second kappa shape index (κ2) is 7.24. The van der Waals surface area contributed by atoms with Crippen LogP contribution in [0.1, 0.15) is 39.5 Å². The number of aliphatic carboxylic acids is 1. The number of carboxylic acids is 1. The summed E-state index contributed by atoms with van der Waals surface area (Å²) in [6, 6.07) is 1.10. The highest BCUT2D eigenvalue weighted by atomic mass is 16.4. The third-order valence-corrected chi connectivity index (χ3v) is 4.06. The van der Waals surface area contributed by atoms with E-state index in [1.54, 1.807) is 12.3 Å². The first-order chi connectivity index (χ1) is 10.1. The zero-order valence-corrected chi connectivity index (χ0v) is 12.7. The summed E-state index contributed by atoms with van der Waals surface area (Å²) in [6.45, 7) is 5.86. The van der Waals surface area contributed by atoms with E-state index in [4.69, 9.17) is 0 Å². The molecule has 0 aromatic carbocycles. The first-order valence-electron chi connectivity index (χ1n) is 7.69. The van der Waals surface area contributed by atoms with Crippen molar-refractivity contribution in [3.05, 3.63) is 12.3 Å². The largest absolute Gasteiger partial charge is 0.480 e. The number of hydrogen-bond donors (Lipinski definition) is 2. The maximum absolute atomic E-state index is 11.4. The number of anilines is 2. The first-order valence-corrected chi connectivity index (χ1v) is 7.69. The van der Waals surface area contributed by atoms with E-state index in [-0.39, 0.29) is 5.92 Å². The van der Waals surface area contributed by atoms with Gasteiger partial charge in [-0.25, -0.2) is 9.78 Å². The van der Waals surface area contributed by atoms with Crippen LogP contribution in [0.4, 0.5) is 11.8 Å². The molecule has 21 heavy (non-hydrogen) atoms. The highest BCUT2D eigenvalue weighted by Gasteiger charge is 2.24. The minimum atomic E-state index is -0.845. The number of nitrogens with zero attached hydrogens (tertiary/aromatic N) is 3. The number of piperidine rings is 1. The zero-order chi connectivity index (χ0) is 15.2. The van der Waals surface area contributed by atoms with E-state index in [9.17, 15) is 9.90 Å². The van der Waals surface area contributed by atoms with Gasteiger partial charge in [0.05, 0.1) is 0 Å². The fourth-order valence-corrected chi connectivity index (χ4v) is 2.52. The molecule has 2 rings (SSSR count). The van der Waals surface area contributed by atoms with Gasteiger partial charge in [-0.3, -0.25) is 0 Å². The van der Waals surface area contributed by atoms with Gasteiger partial charge in [-0.2, -0.15) is 4.98 Å². The van der Waals surface area contributed by atoms with Crippen LogP contribution in [0.25, 0.3) is 0 Å². The molecule has 116 valence electrons. The van der Waals surface area contributed by atoms with Crippen LogP contribution in [-0.2, 0) is 4.79 Å². The second-order valence-electron chi connectivity index (χ2n) is 5.64. The van der Waals surface area contributed by atoms with Gasteiger partial charge in [-0.15, -0.1) is 0 Å². The molecule has 1 aromatic heterocycles. The van der Waals surface area contributed by atoms with E-state index in [0.29, 0.717) is 11.8 Å². The topological polar surface area (TPSA) is 78.4 Å². The molecule has 6 nitrogen and oxygen atoms in total. The molecule has 0 saturated carbocycles. The van der Waals surface area contributed by atoms with Crippen LogP contribution in [0.2, 0.25) is 0 Å². The van der Waals surface area contributed by atoms with Gasteiger partial charge in [0, 0.05) is 19.3 Å². The van der Waals surface area contributed by atoms with Crippen LogP contribution in [0.3, 0.4) is 0 Å². The lowest BCUT2D eigenvalue weighted by Crippen LogP contribution is -2.36. The number of nitrogens with one attached hydrogen (secondary N) is 1. The molecular weight excluding hydrogens is 268 g/mol. The average Bonchev–Trinajstić information content (AvgIpc) is 2.53. The second-order valence-corrected chi connectivity index (χ2v) is 5.64. The number of hydrogen-bond acceptors (Lipinski definition) is 5. The van der Waals surface area contributed by atoms with Crippen molar-refractivity contribution in [1.29, 1.82) is 0 Å². The molecule has 2 atom stereocenters. The lowest BCUT2D eigenvalue weighted by Gasteiger charge is -2.27. The maximum Gasteiger partial charge on any atom is 0.326 e. The smallest absolute Gasteiger partial charge is 0.326 e. The van der Waals surface area contributed by atoms with Gasteiger partial charge in [0.1, 0.15) is 11.9 Å². The molecule has 1 saturated heterocycles. The van der Waals surface area contributed by atoms with Crippen molar-refractivity contribution < 1.29 is 9.90 Å². The Hall–Kier alpha value is -1.85. The highest BCUT2D eigenvalue weighted by Crippen LogP contribution is 2.19. The summed E-state index contributed by atoms with van der Waals surface area (Å²) < 4.78 is 0. The van der Waals surface area contributed by atoms with Gasteiger partial charge in [-0.1, -0.05) is 20.3 Å². The molecule has 1 aliphatic rings. The molecular formula is C15H24N4O2. The fraction of sp³-hybridized carbons (Fsp3) is 0.667. The monoisotopic (exact) mass is 292 g/mol. The molecule has 2 heterocycles. The molecule has 0 aliphatic carbocycles. The van der Waals surface area contributed by atoms with E-state index in [2.05, 4.69) is 20.2 Å². The van der Waals surface area contributed by atoms with Crippen molar-refractivity contribution in [1.82, 2.24) is 9.97 Å². The molecule has 0 radical (unpaired) electrons. The first kappa shape index (κ1) is 15.5. The predicted octanol–water partition coefficient (Wildman–Crippen LogP) is 2.38. The zero-order valence-electron chi connectivity index (χ0n) is 12.7. The van der Waals surface area contributed by atoms with Crippen LogP contribution >= 0.6 is 0 Å². The normalized spacial score (nSPS) is 18.1. The number of carbonyl (C=O) groups is 1. The van der Waals surface area contributed by atoms with E-state index < -0.39 is 12.0 Å². The maximum atomic E-state index is 11.4. The number of rotatable bonds is 6. The summed E-state index contributed by atoms with van der Waals surface area (Å²) in [7, 11) is 0. The van der Waals surface area contributed by atoms with Crippen molar-refractivity contribution in [2.75, 3.05) is 23.3 Å². The van der Waals surface area contributed by atoms with E-state index in [1.165, 1.54) is 6.42 Å². The van der Waals surface area contributed by atoms with Crippen LogP contribution < -0.4 is 10.2 Å². The summed E-state index contributed by atoms with van der Waals surface area (Å²) in [4.78, 5) is 22.3. The van der Waals surface area contributed by atoms with Gasteiger partial charge in [0.25, 0.3) is 0 Å². The molecule has 0 unspecified atom stereocenters. The number of aromatic nitrogens is 2. The molecule has 0 spiro atoms. The van der Waals surface area contributed by atoms with E-state index in [0.717, 1.165) is 32.4 Å². The van der Waals surface area contributed by atoms with E-state index in [1.807, 2.05) is 13.8 Å². The summed E-state index contributed by atoms with van der Waals surface area (Å²) in [6.07, 6.45) is 6.06. The third kappa shape index (κ3) is 4.06. The summed E-state index contributed by atoms with van der Waals surface area (Å²) in [5.74, 6) is 0.463. The SMILES string of the molecule is CC[C@H](C)[C@H](Nc1ccnc(N2CCCCC2)n1)C(=O)O. The van der Waals surface area contributed by atoms with Crippen LogP contribution in [-0.4, -0.2) is 40.2 Å². The Labute approximate surface area is 125 Å². The van der Waals surface area contributed by atoms with Crippen LogP contribution in [0, 0.1) is 5.92 Å². The van der Waals surface area contributed by atoms with Crippen molar-refractivity contribution >= 4 is 17.7 Å². The van der Waals surface area contributed by atoms with Crippen molar-refractivity contribution in [3.8, 4) is 0 Å². The molecule has 2 N–H and O–H groups in total. The fourth-order valence-electron chi connectivity index (χ4n) is 2.52. The van der Waals surface area contributed by atoms with Gasteiger partial charge < -0.3 is 15.3 Å². The highest BCUT2D eigenvalue weighted by molar-refractivity contribution is 5.77. The van der Waals surface area contributed by atoms with Gasteiger partial charge in [-0.05, 0) is 31.2 Å². The van der Waals surface area contributed by atoms with Gasteiger partial charge in [0.2, 0.25) is 5.95 Å². The Morgan fingerprint density at radius 1 is 1.43 bits per heavy atom. The number of carboxylic acid groups (broad SMARTS) is 1. The minimum Gasteiger partial charge on any atom is -0.480 e. The molecule has 1 fully saturated rings. The summed E-state index contributed by atoms with van der Waals surface area (Å²) in [5, 5.41) is 12.4. The van der Waals surface area contributed by atoms with Crippen LogP contribution in [0.15, 0.2) is 12.3 Å². The predicted molar refractivity (Wildman–Crippen MR) is 82.6 cm³/mol. The molecule has 1 aliphatic heterocycles. The summed E-state index contributed by atoms with van der Waals surface area (Å²) >= 11 is 0. The van der Waals surface area contributed by atoms with Crippen molar-refractivity contribution in [2.45, 2.75) is 45.6 Å². The average molecular weight is 292 g/mol. The Balaban J connectivity index is 2.10. The molecule has 6 heteroatoms. The lowest BCUT2D eigenvalue weighted by molar-refractivity contribution is -0.139. The quantitative estimate of drug-likeness (QED) is 0.838. The molecule has 0 amide bonds. The Morgan fingerprint density at radius 2 is 2.14 bits per heavy atom. The van der Waals surface area contributed by atoms with Gasteiger partial charge in [0.15, 0.2) is 0 Å². The Kier molecular flexibility index (Phi) is 5.36. The van der Waals surface area contributed by atoms with Crippen LogP contribution in [0.5, 0.6) is 0 Å². The third-order valence-electron chi connectivity index (χ3n) is 4.06. The molecule has 1 aromatic rings. The standard InChI is InChI=1S/C15H24N4O2/c1-3-11(2)13(14(20)21)17-12-7-8-16-15(18-12)19-9-5-4-6-10-19/h7-8,11,13H,3-6,9-10H2,1-2H3,(H,20,21)(H,16,17,18)/t11-,13-/m0/s1. The lowest BCUT2D eigenvalue weighted by atomic mass is 9.99. The Morgan fingerprint density at radius 3 is 2.76 bits per heavy atom. The van der Waals surface area contributed by atoms with Gasteiger partial charge >= 0.3 is 5.97 Å². The van der Waals surface area contributed by atoms with E-state index >= 15 is 0 Å². The minimum absolute atomic E-state index is 0.0379. The molecule has 0 bridgehead atoms.